The number of hydrogen-bond acceptors (Lipinski definition) is 7. The molecule has 2 aromatic rings. The maximum atomic E-state index is 13.7. The first-order valence-corrected chi connectivity index (χ1v) is 14.0. The molecule has 9 heteroatoms. The van der Waals surface area contributed by atoms with Gasteiger partial charge in [-0.25, -0.2) is 13.8 Å². The van der Waals surface area contributed by atoms with Crippen molar-refractivity contribution in [3.05, 3.63) is 38.2 Å². The standard InChI is InChI=1S/C27H31F2N3O3S/c28-27(29)11-5-17(6-12-27)23-20(24(35-32-23)18-2-3-18)15-34-19-7-9-26(33,10-8-19)25-31-21-4-1-16(14-30)13-22(21)36-25/h13,17-19,33H,1-12,15H2/t19-,26+. The molecular weight excluding hydrogens is 484 g/mol. The Morgan fingerprint density at radius 1 is 1.08 bits per heavy atom. The number of nitriles is 1. The van der Waals surface area contributed by atoms with Crippen LogP contribution in [0.4, 0.5) is 8.78 Å². The van der Waals surface area contributed by atoms with Gasteiger partial charge in [-0.05, 0) is 70.3 Å². The minimum absolute atomic E-state index is 0.00228. The molecule has 6 nitrogen and oxygen atoms in total. The first-order valence-electron chi connectivity index (χ1n) is 13.1. The Morgan fingerprint density at radius 2 is 1.83 bits per heavy atom. The molecule has 0 atom stereocenters. The van der Waals surface area contributed by atoms with Gasteiger partial charge in [-0.3, -0.25) is 0 Å². The van der Waals surface area contributed by atoms with Crippen molar-refractivity contribution < 1.29 is 23.1 Å². The summed E-state index contributed by atoms with van der Waals surface area (Å²) < 4.78 is 39.5. The third-order valence-corrected chi connectivity index (χ3v) is 9.57. The molecule has 0 aliphatic heterocycles. The normalized spacial score (nSPS) is 28.4. The zero-order valence-electron chi connectivity index (χ0n) is 20.3. The molecule has 0 aromatic carbocycles. The molecule has 36 heavy (non-hydrogen) atoms. The Hall–Kier alpha value is -2.15. The summed E-state index contributed by atoms with van der Waals surface area (Å²) in [6.07, 6.45) is 8.75. The van der Waals surface area contributed by atoms with E-state index < -0.39 is 11.5 Å². The summed E-state index contributed by atoms with van der Waals surface area (Å²) in [6.45, 7) is 0.383. The van der Waals surface area contributed by atoms with Gasteiger partial charge < -0.3 is 14.4 Å². The van der Waals surface area contributed by atoms with Gasteiger partial charge in [0.2, 0.25) is 5.92 Å². The van der Waals surface area contributed by atoms with Gasteiger partial charge in [0.1, 0.15) is 16.4 Å². The molecular formula is C27H31F2N3O3S. The highest BCUT2D eigenvalue weighted by atomic mass is 32.1. The Bertz CT molecular complexity index is 1190. The monoisotopic (exact) mass is 515 g/mol. The number of aryl methyl sites for hydroxylation is 1. The number of ether oxygens (including phenoxy) is 1. The van der Waals surface area contributed by atoms with E-state index in [-0.39, 0.29) is 24.9 Å². The van der Waals surface area contributed by atoms with Crippen molar-refractivity contribution in [1.29, 1.82) is 5.26 Å². The molecule has 0 unspecified atom stereocenters. The summed E-state index contributed by atoms with van der Waals surface area (Å²) in [6, 6.07) is 2.23. The summed E-state index contributed by atoms with van der Waals surface area (Å²) in [4.78, 5) is 5.73. The maximum Gasteiger partial charge on any atom is 0.248 e. The molecule has 0 radical (unpaired) electrons. The second-order valence-electron chi connectivity index (χ2n) is 11.0. The van der Waals surface area contributed by atoms with Crippen LogP contribution in [-0.2, 0) is 23.4 Å². The SMILES string of the molecule is N#CC1=Cc2sc([C@]3(O)CC[C@@H](OCc4c(C5CCC(F)(F)CC5)noc4C4CC4)CC3)nc2CC1. The van der Waals surface area contributed by atoms with Crippen molar-refractivity contribution in [2.45, 2.75) is 113 Å². The average Bonchev–Trinajstić information content (AvgIpc) is 3.48. The van der Waals surface area contributed by atoms with Crippen LogP contribution in [0.5, 0.6) is 0 Å². The molecule has 4 aliphatic carbocycles. The largest absolute Gasteiger partial charge is 0.383 e. The summed E-state index contributed by atoms with van der Waals surface area (Å²) in [5, 5.41) is 25.7. The molecule has 0 spiro atoms. The molecule has 2 aromatic heterocycles. The topological polar surface area (TPSA) is 92.2 Å². The Balaban J connectivity index is 1.10. The Kier molecular flexibility index (Phi) is 6.25. The van der Waals surface area contributed by atoms with Crippen LogP contribution in [0, 0.1) is 11.3 Å². The molecule has 0 saturated heterocycles. The van der Waals surface area contributed by atoms with Crippen LogP contribution in [0.1, 0.15) is 115 Å². The van der Waals surface area contributed by atoms with Gasteiger partial charge in [0.05, 0.1) is 35.0 Å². The first kappa shape index (κ1) is 24.2. The smallest absolute Gasteiger partial charge is 0.248 e. The fourth-order valence-corrected chi connectivity index (χ4v) is 7.08. The van der Waals surface area contributed by atoms with Crippen LogP contribution in [0.15, 0.2) is 10.1 Å². The molecule has 0 amide bonds. The van der Waals surface area contributed by atoms with Crippen molar-refractivity contribution in [2.75, 3.05) is 0 Å². The number of aliphatic hydroxyl groups is 1. The summed E-state index contributed by atoms with van der Waals surface area (Å²) in [5.74, 6) is -1.31. The summed E-state index contributed by atoms with van der Waals surface area (Å²) in [5.41, 5.74) is 2.58. The lowest BCUT2D eigenvalue weighted by Crippen LogP contribution is -2.34. The highest BCUT2D eigenvalue weighted by Gasteiger charge is 2.41. The lowest BCUT2D eigenvalue weighted by atomic mass is 9.83. The zero-order chi connectivity index (χ0) is 24.9. The van der Waals surface area contributed by atoms with E-state index in [4.69, 9.17) is 14.2 Å². The van der Waals surface area contributed by atoms with Crippen molar-refractivity contribution in [1.82, 2.24) is 10.1 Å². The van der Waals surface area contributed by atoms with Gasteiger partial charge in [0.15, 0.2) is 0 Å². The summed E-state index contributed by atoms with van der Waals surface area (Å²) in [7, 11) is 0. The second kappa shape index (κ2) is 9.30. The van der Waals surface area contributed by atoms with Crippen molar-refractivity contribution in [2.24, 2.45) is 0 Å². The van der Waals surface area contributed by atoms with Gasteiger partial charge in [0, 0.05) is 35.8 Å². The van der Waals surface area contributed by atoms with Crippen LogP contribution in [0.2, 0.25) is 0 Å². The predicted octanol–water partition coefficient (Wildman–Crippen LogP) is 6.50. The van der Waals surface area contributed by atoms with Crippen molar-refractivity contribution in [3.8, 4) is 6.07 Å². The number of alkyl halides is 2. The fraction of sp³-hybridized carbons (Fsp3) is 0.667. The third-order valence-electron chi connectivity index (χ3n) is 8.33. The number of fused-ring (bicyclic) bond motifs is 1. The quantitative estimate of drug-likeness (QED) is 0.472. The van der Waals surface area contributed by atoms with Crippen LogP contribution < -0.4 is 0 Å². The lowest BCUT2D eigenvalue weighted by Gasteiger charge is -2.34. The Labute approximate surface area is 213 Å². The number of thiazole rings is 1. The lowest BCUT2D eigenvalue weighted by molar-refractivity contribution is -0.0646. The predicted molar refractivity (Wildman–Crippen MR) is 130 cm³/mol. The second-order valence-corrected chi connectivity index (χ2v) is 12.0. The first-order chi connectivity index (χ1) is 17.3. The van der Waals surface area contributed by atoms with E-state index in [0.717, 1.165) is 70.3 Å². The number of rotatable bonds is 6. The molecule has 4 aliphatic rings. The van der Waals surface area contributed by atoms with E-state index in [1.54, 1.807) is 0 Å². The van der Waals surface area contributed by atoms with E-state index in [9.17, 15) is 19.1 Å². The zero-order valence-corrected chi connectivity index (χ0v) is 21.1. The van der Waals surface area contributed by atoms with Crippen molar-refractivity contribution in [3.63, 3.8) is 0 Å². The van der Waals surface area contributed by atoms with E-state index in [1.807, 2.05) is 6.08 Å². The number of halogens is 2. The molecule has 192 valence electrons. The molecule has 6 rings (SSSR count). The third kappa shape index (κ3) is 4.75. The number of nitrogens with zero attached hydrogens (tertiary/aromatic N) is 3. The van der Waals surface area contributed by atoms with Gasteiger partial charge >= 0.3 is 0 Å². The molecule has 0 bridgehead atoms. The highest BCUT2D eigenvalue weighted by Crippen LogP contribution is 2.47. The van der Waals surface area contributed by atoms with E-state index >= 15 is 0 Å². The van der Waals surface area contributed by atoms with Crippen LogP contribution in [0.3, 0.4) is 0 Å². The van der Waals surface area contributed by atoms with Crippen LogP contribution >= 0.6 is 11.3 Å². The van der Waals surface area contributed by atoms with Gasteiger partial charge in [-0.2, -0.15) is 5.26 Å². The number of allylic oxidation sites excluding steroid dienone is 1. The van der Waals surface area contributed by atoms with Crippen LogP contribution in [-0.4, -0.2) is 27.3 Å². The van der Waals surface area contributed by atoms with Gasteiger partial charge in [-0.1, -0.05) is 5.16 Å². The number of aromatic nitrogens is 2. The van der Waals surface area contributed by atoms with Crippen molar-refractivity contribution >= 4 is 17.4 Å². The van der Waals surface area contributed by atoms with E-state index in [0.29, 0.717) is 44.6 Å². The molecule has 3 saturated carbocycles. The maximum absolute atomic E-state index is 13.7. The van der Waals surface area contributed by atoms with E-state index in [1.165, 1.54) is 11.3 Å². The van der Waals surface area contributed by atoms with Crippen LogP contribution in [0.25, 0.3) is 6.08 Å². The molecule has 1 N–H and O–H groups in total. The Morgan fingerprint density at radius 3 is 2.53 bits per heavy atom. The fourth-order valence-electron chi connectivity index (χ4n) is 5.86. The van der Waals surface area contributed by atoms with Gasteiger partial charge in [0.25, 0.3) is 0 Å². The minimum atomic E-state index is -2.57. The summed E-state index contributed by atoms with van der Waals surface area (Å²) >= 11 is 1.50. The number of hydrogen-bond donors (Lipinski definition) is 1. The average molecular weight is 516 g/mol. The van der Waals surface area contributed by atoms with Gasteiger partial charge in [-0.15, -0.1) is 11.3 Å². The molecule has 3 fully saturated rings. The molecule has 2 heterocycles. The van der Waals surface area contributed by atoms with E-state index in [2.05, 4.69) is 11.2 Å². The highest BCUT2D eigenvalue weighted by molar-refractivity contribution is 7.12. The minimum Gasteiger partial charge on any atom is -0.383 e.